The lowest BCUT2D eigenvalue weighted by molar-refractivity contribution is 0.0528. The highest BCUT2D eigenvalue weighted by atomic mass is 16.6. The maximum Gasteiger partial charge on any atom is 0.407 e. The molecule has 0 aliphatic rings. The van der Waals surface area contributed by atoms with Crippen LogP contribution in [0.25, 0.3) is 0 Å². The van der Waals surface area contributed by atoms with Gasteiger partial charge in [-0.15, -0.1) is 0 Å². The number of alkyl carbamates (subject to hydrolysis) is 1. The van der Waals surface area contributed by atoms with Crippen LogP contribution in [0.2, 0.25) is 0 Å². The summed E-state index contributed by atoms with van der Waals surface area (Å²) in [5.74, 6) is 0. The van der Waals surface area contributed by atoms with E-state index in [1.54, 1.807) is 0 Å². The summed E-state index contributed by atoms with van der Waals surface area (Å²) in [5.41, 5.74) is 0.991. The molecule has 0 saturated carbocycles. The molecule has 0 atom stereocenters. The number of carbonyl (C=O) groups is 1. The van der Waals surface area contributed by atoms with E-state index >= 15 is 0 Å². The van der Waals surface area contributed by atoms with Gasteiger partial charge in [0.1, 0.15) is 5.60 Å². The summed E-state index contributed by atoms with van der Waals surface area (Å²) in [4.78, 5) is 14.8. The Morgan fingerprint density at radius 3 is 2.09 bits per heavy atom. The molecule has 1 N–H and O–H groups in total. The van der Waals surface area contributed by atoms with E-state index in [1.807, 2.05) is 53.9 Å². The van der Waals surface area contributed by atoms with Crippen molar-refractivity contribution >= 4 is 6.09 Å². The third kappa shape index (κ3) is 16.5. The van der Waals surface area contributed by atoms with Gasteiger partial charge in [-0.05, 0) is 51.3 Å². The number of pyridine rings is 1. The zero-order valence-corrected chi connectivity index (χ0v) is 15.4. The van der Waals surface area contributed by atoms with Gasteiger partial charge in [0, 0.05) is 18.9 Å². The molecule has 0 aromatic carbocycles. The fourth-order valence-corrected chi connectivity index (χ4v) is 1.38. The van der Waals surface area contributed by atoms with Crippen LogP contribution in [-0.4, -0.2) is 23.2 Å². The van der Waals surface area contributed by atoms with E-state index in [4.69, 9.17) is 4.74 Å². The van der Waals surface area contributed by atoms with Crippen molar-refractivity contribution in [2.75, 3.05) is 6.54 Å². The van der Waals surface area contributed by atoms with E-state index < -0.39 is 5.60 Å². The molecule has 1 aromatic heterocycles. The van der Waals surface area contributed by atoms with E-state index in [2.05, 4.69) is 29.4 Å². The first kappa shape index (κ1) is 22.7. The molecule has 1 amide bonds. The monoisotopic (exact) mass is 310 g/mol. The van der Waals surface area contributed by atoms with E-state index in [1.165, 1.54) is 18.4 Å². The molecule has 1 heterocycles. The zero-order valence-electron chi connectivity index (χ0n) is 15.4. The van der Waals surface area contributed by atoms with Crippen LogP contribution >= 0.6 is 0 Å². The van der Waals surface area contributed by atoms with Crippen LogP contribution in [0.1, 0.15) is 66.9 Å². The van der Waals surface area contributed by atoms with Gasteiger partial charge in [-0.1, -0.05) is 34.1 Å². The van der Waals surface area contributed by atoms with Crippen molar-refractivity contribution in [1.82, 2.24) is 10.3 Å². The largest absolute Gasteiger partial charge is 0.444 e. The lowest BCUT2D eigenvalue weighted by atomic mass is 10.2. The second-order valence-electron chi connectivity index (χ2n) is 5.53. The minimum absolute atomic E-state index is 0.334. The predicted molar refractivity (Wildman–Crippen MR) is 94.1 cm³/mol. The van der Waals surface area contributed by atoms with Crippen molar-refractivity contribution < 1.29 is 9.53 Å². The van der Waals surface area contributed by atoms with Crippen molar-refractivity contribution in [3.63, 3.8) is 0 Å². The average molecular weight is 310 g/mol. The molecule has 0 spiro atoms. The van der Waals surface area contributed by atoms with Gasteiger partial charge < -0.3 is 10.1 Å². The molecular weight excluding hydrogens is 276 g/mol. The summed E-state index contributed by atoms with van der Waals surface area (Å²) in [6.07, 6.45) is 6.65. The Morgan fingerprint density at radius 1 is 1.14 bits per heavy atom. The highest BCUT2D eigenvalue weighted by Gasteiger charge is 2.14. The number of hydrogen-bond acceptors (Lipinski definition) is 3. The Labute approximate surface area is 136 Å². The number of amides is 1. The first-order valence-electron chi connectivity index (χ1n) is 8.24. The number of aryl methyl sites for hydroxylation is 1. The first-order valence-corrected chi connectivity index (χ1v) is 8.24. The zero-order chi connectivity index (χ0) is 17.4. The number of aromatic nitrogens is 1. The number of ether oxygens (including phenoxy) is 1. The van der Waals surface area contributed by atoms with Gasteiger partial charge in [-0.3, -0.25) is 4.98 Å². The topological polar surface area (TPSA) is 51.2 Å². The van der Waals surface area contributed by atoms with E-state index in [0.29, 0.717) is 6.54 Å². The number of carbonyl (C=O) groups excluding carboxylic acids is 1. The lowest BCUT2D eigenvalue weighted by Gasteiger charge is -2.19. The van der Waals surface area contributed by atoms with Crippen molar-refractivity contribution in [2.45, 2.75) is 73.3 Å². The Hall–Kier alpha value is -1.58. The van der Waals surface area contributed by atoms with Gasteiger partial charge in [-0.2, -0.15) is 0 Å². The first-order chi connectivity index (χ1) is 10.4. The summed E-state index contributed by atoms with van der Waals surface area (Å²) < 4.78 is 4.99. The predicted octanol–water partition coefficient (Wildman–Crippen LogP) is 4.98. The highest BCUT2D eigenvalue weighted by molar-refractivity contribution is 5.67. The number of nitrogens with one attached hydrogen (secondary N) is 1. The minimum Gasteiger partial charge on any atom is -0.444 e. The van der Waals surface area contributed by atoms with Crippen LogP contribution < -0.4 is 5.32 Å². The molecular formula is C18H34N2O2. The van der Waals surface area contributed by atoms with Gasteiger partial charge in [-0.25, -0.2) is 4.79 Å². The summed E-state index contributed by atoms with van der Waals surface area (Å²) in [6, 6.07) is 4.12. The molecule has 0 bridgehead atoms. The van der Waals surface area contributed by atoms with Gasteiger partial charge in [0.25, 0.3) is 0 Å². The van der Waals surface area contributed by atoms with Crippen molar-refractivity contribution in [2.24, 2.45) is 0 Å². The summed E-state index contributed by atoms with van der Waals surface area (Å²) in [5, 5.41) is 2.63. The Morgan fingerprint density at radius 2 is 1.68 bits per heavy atom. The normalized spacial score (nSPS) is 9.59. The standard InChI is InChI=1S/C8H17NO2.C8H11N.C2H6/c1-5-6-9-7(10)11-8(2,3)4;1-2-3-8-4-6-9-7-5-8;1-2/h5-6H2,1-4H3,(H,9,10);4-7H,2-3H2,1H3;1-2H3. The molecule has 0 fully saturated rings. The molecule has 0 unspecified atom stereocenters. The SMILES string of the molecule is CC.CCCNC(=O)OC(C)(C)C.CCCc1ccncc1. The number of hydrogen-bond donors (Lipinski definition) is 1. The van der Waals surface area contributed by atoms with Crippen molar-refractivity contribution in [3.8, 4) is 0 Å². The molecule has 128 valence electrons. The second kappa shape index (κ2) is 14.4. The molecule has 1 rings (SSSR count). The quantitative estimate of drug-likeness (QED) is 0.853. The van der Waals surface area contributed by atoms with E-state index in [-0.39, 0.29) is 6.09 Å². The van der Waals surface area contributed by atoms with E-state index in [9.17, 15) is 4.79 Å². The van der Waals surface area contributed by atoms with Crippen LogP contribution in [0.3, 0.4) is 0 Å². The lowest BCUT2D eigenvalue weighted by Crippen LogP contribution is -2.32. The van der Waals surface area contributed by atoms with Crippen LogP contribution in [0.5, 0.6) is 0 Å². The molecule has 0 aliphatic heterocycles. The van der Waals surface area contributed by atoms with Crippen molar-refractivity contribution in [1.29, 1.82) is 0 Å². The fourth-order valence-electron chi connectivity index (χ4n) is 1.38. The van der Waals surface area contributed by atoms with Crippen molar-refractivity contribution in [3.05, 3.63) is 30.1 Å². The summed E-state index contributed by atoms with van der Waals surface area (Å²) in [6.45, 7) is 14.4. The summed E-state index contributed by atoms with van der Waals surface area (Å²) >= 11 is 0. The number of nitrogens with zero attached hydrogens (tertiary/aromatic N) is 1. The number of rotatable bonds is 4. The van der Waals surface area contributed by atoms with Gasteiger partial charge >= 0.3 is 6.09 Å². The van der Waals surface area contributed by atoms with Gasteiger partial charge in [0.05, 0.1) is 0 Å². The average Bonchev–Trinajstić information content (AvgIpc) is 2.48. The van der Waals surface area contributed by atoms with Crippen LogP contribution in [0.15, 0.2) is 24.5 Å². The Balaban J connectivity index is 0. The molecule has 0 aliphatic carbocycles. The van der Waals surface area contributed by atoms with Crippen LogP contribution in [0, 0.1) is 0 Å². The van der Waals surface area contributed by atoms with Crippen LogP contribution in [0.4, 0.5) is 4.79 Å². The second-order valence-corrected chi connectivity index (χ2v) is 5.53. The minimum atomic E-state index is -0.391. The maximum absolute atomic E-state index is 10.9. The molecule has 0 radical (unpaired) electrons. The third-order valence-corrected chi connectivity index (χ3v) is 2.21. The van der Waals surface area contributed by atoms with E-state index in [0.717, 1.165) is 6.42 Å². The molecule has 22 heavy (non-hydrogen) atoms. The molecule has 1 aromatic rings. The van der Waals surface area contributed by atoms with Crippen LogP contribution in [-0.2, 0) is 11.2 Å². The maximum atomic E-state index is 10.9. The summed E-state index contributed by atoms with van der Waals surface area (Å²) in [7, 11) is 0. The highest BCUT2D eigenvalue weighted by Crippen LogP contribution is 2.06. The molecule has 4 heteroatoms. The van der Waals surface area contributed by atoms with Gasteiger partial charge in [0.15, 0.2) is 0 Å². The van der Waals surface area contributed by atoms with Gasteiger partial charge in [0.2, 0.25) is 0 Å². The Kier molecular flexibility index (Phi) is 14.8. The Bertz CT molecular complexity index is 359. The smallest absolute Gasteiger partial charge is 0.407 e. The molecule has 4 nitrogen and oxygen atoms in total. The third-order valence-electron chi connectivity index (χ3n) is 2.21. The molecule has 0 saturated heterocycles. The fraction of sp³-hybridized carbons (Fsp3) is 0.667.